The number of benzene rings is 2. The van der Waals surface area contributed by atoms with E-state index < -0.39 is 39.4 Å². The van der Waals surface area contributed by atoms with Gasteiger partial charge in [-0.25, -0.2) is 0 Å². The van der Waals surface area contributed by atoms with Crippen LogP contribution in [0.1, 0.15) is 42.9 Å². The van der Waals surface area contributed by atoms with E-state index in [1.165, 1.54) is 0 Å². The summed E-state index contributed by atoms with van der Waals surface area (Å²) >= 11 is 1.61. The van der Waals surface area contributed by atoms with Crippen molar-refractivity contribution < 1.29 is 24.2 Å². The van der Waals surface area contributed by atoms with Crippen molar-refractivity contribution in [3.05, 3.63) is 90.5 Å². The minimum absolute atomic E-state index is 0.201. The molecule has 3 saturated heterocycles. The Bertz CT molecular complexity index is 1390. The normalized spacial score (nSPS) is 28.0. The Morgan fingerprint density at radius 1 is 1.12 bits per heavy atom. The Kier molecular flexibility index (Phi) is 8.91. The number of aryl methyl sites for hydroxylation is 2. The van der Waals surface area contributed by atoms with E-state index in [0.717, 1.165) is 22.4 Å². The SMILES string of the molecule is C=CCCOC(=O)[C@@H]1[C@H]2C(=O)N([C@@H](CO)Cc3ccccc3)C(C(=O)N(CC=C)c3c(C)cccc3C)C23CC[C@@]1(C)S3. The molecule has 0 aliphatic carbocycles. The number of amides is 2. The molecule has 3 fully saturated rings. The second-order valence-corrected chi connectivity index (χ2v) is 14.1. The van der Waals surface area contributed by atoms with Crippen LogP contribution in [0, 0.1) is 25.7 Å². The largest absolute Gasteiger partial charge is 0.465 e. The summed E-state index contributed by atoms with van der Waals surface area (Å²) in [5.41, 5.74) is 3.65. The van der Waals surface area contributed by atoms with Crippen LogP contribution in [0.4, 0.5) is 5.69 Å². The van der Waals surface area contributed by atoms with E-state index in [0.29, 0.717) is 25.7 Å². The van der Waals surface area contributed by atoms with Crippen LogP contribution in [0.15, 0.2) is 73.8 Å². The van der Waals surface area contributed by atoms with E-state index in [1.54, 1.807) is 33.7 Å². The predicted molar refractivity (Wildman–Crippen MR) is 171 cm³/mol. The second-order valence-electron chi connectivity index (χ2n) is 12.2. The molecule has 228 valence electrons. The topological polar surface area (TPSA) is 87.1 Å². The first-order valence-electron chi connectivity index (χ1n) is 15.1. The number of hydrogen-bond acceptors (Lipinski definition) is 6. The standard InChI is InChI=1S/C35H42N2O5S/c1-6-8-20-42-33(41)28-27-31(39)37(26(22-38)21-25-15-10-9-11-16-25)30(35(27)18-17-34(28,5)43-35)32(40)36(19-7-2)29-23(3)13-12-14-24(29)4/h6-7,9-16,26-28,30,38H,1-2,8,17-22H2,3-5H3/t26-,27+,28+,30?,34-,35?/m1/s1. The number of ether oxygens (including phenoxy) is 1. The summed E-state index contributed by atoms with van der Waals surface area (Å²) in [7, 11) is 0. The number of aliphatic hydroxyl groups excluding tert-OH is 1. The summed E-state index contributed by atoms with van der Waals surface area (Å²) in [5.74, 6) is -2.28. The van der Waals surface area contributed by atoms with Crippen molar-refractivity contribution in [1.29, 1.82) is 0 Å². The average molecular weight is 603 g/mol. The molecule has 2 aromatic rings. The lowest BCUT2D eigenvalue weighted by Crippen LogP contribution is -2.58. The Morgan fingerprint density at radius 2 is 1.81 bits per heavy atom. The molecule has 3 aliphatic heterocycles. The summed E-state index contributed by atoms with van der Waals surface area (Å²) in [6.45, 7) is 13.8. The van der Waals surface area contributed by atoms with Crippen LogP contribution >= 0.6 is 11.8 Å². The summed E-state index contributed by atoms with van der Waals surface area (Å²) in [4.78, 5) is 46.8. The van der Waals surface area contributed by atoms with Gasteiger partial charge in [0, 0.05) is 17.0 Å². The molecule has 2 unspecified atom stereocenters. The van der Waals surface area contributed by atoms with Crippen molar-refractivity contribution in [1.82, 2.24) is 4.90 Å². The molecule has 5 rings (SSSR count). The van der Waals surface area contributed by atoms with Crippen LogP contribution in [0.25, 0.3) is 0 Å². The van der Waals surface area contributed by atoms with Crippen molar-refractivity contribution in [2.45, 2.75) is 68.0 Å². The number of rotatable bonds is 12. The van der Waals surface area contributed by atoms with Gasteiger partial charge in [0.25, 0.3) is 5.91 Å². The maximum absolute atomic E-state index is 15.0. The Balaban J connectivity index is 1.63. The summed E-state index contributed by atoms with van der Waals surface area (Å²) < 4.78 is 4.32. The van der Waals surface area contributed by atoms with Gasteiger partial charge in [0.1, 0.15) is 6.04 Å². The molecular weight excluding hydrogens is 560 g/mol. The molecule has 3 heterocycles. The Hall–Kier alpha value is -3.36. The molecule has 6 atom stereocenters. The minimum atomic E-state index is -0.873. The van der Waals surface area contributed by atoms with Crippen molar-refractivity contribution in [2.24, 2.45) is 11.8 Å². The summed E-state index contributed by atoms with van der Waals surface area (Å²) in [5, 5.41) is 10.8. The van der Waals surface area contributed by atoms with Gasteiger partial charge in [-0.2, -0.15) is 0 Å². The maximum atomic E-state index is 15.0. The average Bonchev–Trinajstić information content (AvgIpc) is 3.56. The molecule has 2 amide bonds. The van der Waals surface area contributed by atoms with Gasteiger partial charge in [0.2, 0.25) is 5.91 Å². The first-order chi connectivity index (χ1) is 20.6. The molecule has 1 N–H and O–H groups in total. The quantitative estimate of drug-likeness (QED) is 0.209. The molecule has 0 aromatic heterocycles. The lowest BCUT2D eigenvalue weighted by atomic mass is 9.66. The molecule has 7 nitrogen and oxygen atoms in total. The summed E-state index contributed by atoms with van der Waals surface area (Å²) in [6, 6.07) is 14.1. The third-order valence-corrected chi connectivity index (χ3v) is 11.5. The molecular formula is C35H42N2O5S. The fraction of sp³-hybridized carbons (Fsp3) is 0.457. The number of fused-ring (bicyclic) bond motifs is 1. The number of aliphatic hydroxyl groups is 1. The number of para-hydroxylation sites is 1. The molecule has 1 spiro atoms. The van der Waals surface area contributed by atoms with Gasteiger partial charge in [-0.05, 0) is 63.1 Å². The van der Waals surface area contributed by atoms with E-state index >= 15 is 4.79 Å². The Labute approximate surface area is 259 Å². The first kappa shape index (κ1) is 31.1. The molecule has 3 aliphatic rings. The van der Waals surface area contributed by atoms with Gasteiger partial charge in [-0.15, -0.1) is 24.9 Å². The van der Waals surface area contributed by atoms with Crippen LogP contribution < -0.4 is 4.90 Å². The molecule has 43 heavy (non-hydrogen) atoms. The number of anilines is 1. The van der Waals surface area contributed by atoms with E-state index in [9.17, 15) is 14.7 Å². The minimum Gasteiger partial charge on any atom is -0.465 e. The monoisotopic (exact) mass is 602 g/mol. The van der Waals surface area contributed by atoms with Gasteiger partial charge in [0.05, 0.1) is 35.8 Å². The number of esters is 1. The lowest BCUT2D eigenvalue weighted by molar-refractivity contribution is -0.156. The van der Waals surface area contributed by atoms with Gasteiger partial charge >= 0.3 is 5.97 Å². The van der Waals surface area contributed by atoms with Crippen LogP contribution in [-0.2, 0) is 25.5 Å². The van der Waals surface area contributed by atoms with Crippen molar-refractivity contribution in [3.8, 4) is 0 Å². The smallest absolute Gasteiger partial charge is 0.311 e. The van der Waals surface area contributed by atoms with Crippen molar-refractivity contribution in [3.63, 3.8) is 0 Å². The zero-order chi connectivity index (χ0) is 30.9. The maximum Gasteiger partial charge on any atom is 0.311 e. The van der Waals surface area contributed by atoms with Gasteiger partial charge in [-0.3, -0.25) is 14.4 Å². The highest BCUT2D eigenvalue weighted by atomic mass is 32.2. The van der Waals surface area contributed by atoms with Crippen molar-refractivity contribution in [2.75, 3.05) is 24.7 Å². The van der Waals surface area contributed by atoms with Gasteiger partial charge in [-0.1, -0.05) is 60.7 Å². The predicted octanol–water partition coefficient (Wildman–Crippen LogP) is 5.03. The lowest BCUT2D eigenvalue weighted by Gasteiger charge is -2.40. The molecule has 2 bridgehead atoms. The molecule has 0 radical (unpaired) electrons. The van der Waals surface area contributed by atoms with E-state index in [2.05, 4.69) is 13.2 Å². The highest BCUT2D eigenvalue weighted by Gasteiger charge is 2.78. The number of carbonyl (C=O) groups is 3. The number of thioether (sulfide) groups is 1. The molecule has 8 heteroatoms. The first-order valence-corrected chi connectivity index (χ1v) is 15.9. The summed E-state index contributed by atoms with van der Waals surface area (Å²) in [6.07, 6.45) is 5.61. The zero-order valence-electron chi connectivity index (χ0n) is 25.3. The molecule has 0 saturated carbocycles. The van der Waals surface area contributed by atoms with Crippen molar-refractivity contribution >= 4 is 35.2 Å². The van der Waals surface area contributed by atoms with Crippen LogP contribution in [-0.4, -0.2) is 69.1 Å². The fourth-order valence-electron chi connectivity index (χ4n) is 7.66. The third-order valence-electron chi connectivity index (χ3n) is 9.47. The number of hydrogen-bond donors (Lipinski definition) is 1. The van der Waals surface area contributed by atoms with Gasteiger partial charge in [0.15, 0.2) is 0 Å². The number of carbonyl (C=O) groups excluding carboxylic acids is 3. The van der Waals surface area contributed by atoms with E-state index in [1.807, 2.05) is 69.3 Å². The third kappa shape index (κ3) is 5.22. The van der Waals surface area contributed by atoms with Gasteiger partial charge < -0.3 is 19.6 Å². The van der Waals surface area contributed by atoms with Crippen LogP contribution in [0.3, 0.4) is 0 Å². The fourth-order valence-corrected chi connectivity index (χ4v) is 9.99. The number of likely N-dealkylation sites (tertiary alicyclic amines) is 1. The van der Waals surface area contributed by atoms with E-state index in [4.69, 9.17) is 4.74 Å². The highest BCUT2D eigenvalue weighted by Crippen LogP contribution is 2.72. The molecule has 2 aromatic carbocycles. The zero-order valence-corrected chi connectivity index (χ0v) is 26.1. The van der Waals surface area contributed by atoms with Crippen LogP contribution in [0.2, 0.25) is 0 Å². The second kappa shape index (κ2) is 12.3. The Morgan fingerprint density at radius 3 is 2.44 bits per heavy atom. The van der Waals surface area contributed by atoms with Crippen LogP contribution in [0.5, 0.6) is 0 Å². The van der Waals surface area contributed by atoms with E-state index in [-0.39, 0.29) is 31.6 Å². The highest BCUT2D eigenvalue weighted by molar-refractivity contribution is 8.02. The number of nitrogens with zero attached hydrogens (tertiary/aromatic N) is 2.